The van der Waals surface area contributed by atoms with E-state index in [2.05, 4.69) is 58.0 Å². The number of hydrogen-bond acceptors (Lipinski definition) is 5. The molecule has 0 aliphatic carbocycles. The van der Waals surface area contributed by atoms with E-state index < -0.39 is 34.9 Å². The van der Waals surface area contributed by atoms with Crippen LogP contribution in [0.25, 0.3) is 0 Å². The molecule has 188 valence electrons. The molecule has 0 saturated carbocycles. The number of halogens is 4. The molecule has 0 radical (unpaired) electrons. The van der Waals surface area contributed by atoms with Crippen molar-refractivity contribution in [2.24, 2.45) is 0 Å². The van der Waals surface area contributed by atoms with E-state index in [1.807, 2.05) is 0 Å². The zero-order chi connectivity index (χ0) is 26.7. The molecule has 13 heteroatoms. The first-order valence-corrected chi connectivity index (χ1v) is 12.0. The van der Waals surface area contributed by atoms with E-state index in [-0.39, 0.29) is 11.4 Å². The predicted octanol–water partition coefficient (Wildman–Crippen LogP) is 5.55. The highest BCUT2D eigenvalue weighted by Gasteiger charge is 2.21. The Kier molecular flexibility index (Phi) is 7.64. The van der Waals surface area contributed by atoms with Crippen molar-refractivity contribution in [1.29, 1.82) is 0 Å². The number of nitrogens with zero attached hydrogens (tertiary/aromatic N) is 1. The summed E-state index contributed by atoms with van der Waals surface area (Å²) in [6.45, 7) is 0. The van der Waals surface area contributed by atoms with Crippen LogP contribution in [0.5, 0.6) is 0 Å². The van der Waals surface area contributed by atoms with Crippen molar-refractivity contribution in [3.8, 4) is 0 Å². The highest BCUT2D eigenvalue weighted by atomic mass is 79.9. The number of nitrogen functional groups attached to an aromatic ring is 1. The Hall–Kier alpha value is -4.10. The lowest BCUT2D eigenvalue weighted by molar-refractivity contribution is 0.101. The number of aromatic amines is 1. The molecule has 0 saturated heterocycles. The molecule has 4 rings (SSSR count). The van der Waals surface area contributed by atoms with Gasteiger partial charge in [-0.2, -0.15) is 5.10 Å². The van der Waals surface area contributed by atoms with Gasteiger partial charge in [0.15, 0.2) is 0 Å². The number of nitrogens with one attached hydrogen (secondary N) is 4. The summed E-state index contributed by atoms with van der Waals surface area (Å²) in [6.07, 6.45) is 1.13. The summed E-state index contributed by atoms with van der Waals surface area (Å²) in [5.74, 6) is -4.29. The number of amides is 3. The van der Waals surface area contributed by atoms with E-state index in [9.17, 15) is 23.2 Å². The zero-order valence-corrected chi connectivity index (χ0v) is 21.7. The molecule has 0 bridgehead atoms. The first-order chi connectivity index (χ1) is 17.6. The number of carbonyl (C=O) groups is 3. The number of carbonyl (C=O) groups excluding carboxylic acids is 3. The van der Waals surface area contributed by atoms with Crippen LogP contribution < -0.4 is 21.7 Å². The molecule has 0 atom stereocenters. The van der Waals surface area contributed by atoms with Gasteiger partial charge in [-0.1, -0.05) is 6.07 Å². The smallest absolute Gasteiger partial charge is 0.275 e. The third-order valence-corrected chi connectivity index (χ3v) is 6.89. The van der Waals surface area contributed by atoms with Crippen LogP contribution in [0.4, 0.5) is 31.5 Å². The molecule has 0 spiro atoms. The van der Waals surface area contributed by atoms with E-state index >= 15 is 0 Å². The van der Waals surface area contributed by atoms with E-state index in [4.69, 9.17) is 5.73 Å². The van der Waals surface area contributed by atoms with Gasteiger partial charge in [0.2, 0.25) is 0 Å². The van der Waals surface area contributed by atoms with Crippen LogP contribution in [0.3, 0.4) is 0 Å². The second kappa shape index (κ2) is 10.9. The van der Waals surface area contributed by atoms with Crippen LogP contribution in [0.2, 0.25) is 0 Å². The number of aromatic nitrogens is 2. The Balaban J connectivity index is 1.43. The van der Waals surface area contributed by atoms with Crippen LogP contribution in [-0.4, -0.2) is 27.9 Å². The summed E-state index contributed by atoms with van der Waals surface area (Å²) in [7, 11) is 0. The topological polar surface area (TPSA) is 142 Å². The molecule has 6 N–H and O–H groups in total. The number of H-pyrrole nitrogens is 1. The Labute approximate surface area is 225 Å². The fraction of sp³-hybridized carbons (Fsp3) is 0. The Bertz CT molecular complexity index is 1510. The number of rotatable bonds is 6. The largest absolute Gasteiger partial charge is 0.397 e. The van der Waals surface area contributed by atoms with Crippen molar-refractivity contribution in [1.82, 2.24) is 10.2 Å². The quantitative estimate of drug-likeness (QED) is 0.177. The molecule has 0 aliphatic rings. The normalized spacial score (nSPS) is 10.6. The molecule has 3 amide bonds. The lowest BCUT2D eigenvalue weighted by atomic mass is 10.1. The molecular weight excluding hydrogens is 618 g/mol. The molecular formula is C24H16Br2F2N6O3. The standard InChI is InChI=1S/C24H16Br2F2N6O3/c25-13-8-17(29)18(9-14(13)26)32-22(35)11-4-6-12(7-5-11)31-24(37)21-19(10-30-34-21)33-23(36)20-15(27)2-1-3-16(20)28/h1-10H,29H2,(H,30,34)(H,31,37)(H,32,35)(H,33,36). The third kappa shape index (κ3) is 5.84. The lowest BCUT2D eigenvalue weighted by Gasteiger charge is -2.11. The van der Waals surface area contributed by atoms with E-state index in [0.29, 0.717) is 27.1 Å². The molecule has 37 heavy (non-hydrogen) atoms. The summed E-state index contributed by atoms with van der Waals surface area (Å²) in [4.78, 5) is 37.7. The molecule has 1 heterocycles. The Morgan fingerprint density at radius 1 is 0.811 bits per heavy atom. The van der Waals surface area contributed by atoms with E-state index in [1.54, 1.807) is 12.1 Å². The third-order valence-electron chi connectivity index (χ3n) is 5.05. The minimum absolute atomic E-state index is 0.0839. The van der Waals surface area contributed by atoms with Crippen molar-refractivity contribution in [3.63, 3.8) is 0 Å². The second-order valence-corrected chi connectivity index (χ2v) is 9.26. The fourth-order valence-corrected chi connectivity index (χ4v) is 3.92. The van der Waals surface area contributed by atoms with Crippen LogP contribution in [0.1, 0.15) is 31.2 Å². The average Bonchev–Trinajstić information content (AvgIpc) is 3.31. The SMILES string of the molecule is Nc1cc(Br)c(Br)cc1NC(=O)c1ccc(NC(=O)c2[nH]ncc2NC(=O)c2c(F)cccc2F)cc1. The van der Waals surface area contributed by atoms with Crippen molar-refractivity contribution in [2.45, 2.75) is 0 Å². The van der Waals surface area contributed by atoms with Crippen LogP contribution >= 0.6 is 31.9 Å². The number of benzene rings is 3. The maximum absolute atomic E-state index is 13.9. The monoisotopic (exact) mass is 632 g/mol. The summed E-state index contributed by atoms with van der Waals surface area (Å²) in [5, 5.41) is 13.7. The maximum atomic E-state index is 13.9. The Morgan fingerprint density at radius 2 is 1.43 bits per heavy atom. The minimum Gasteiger partial charge on any atom is -0.397 e. The predicted molar refractivity (Wildman–Crippen MR) is 142 cm³/mol. The van der Waals surface area contributed by atoms with Crippen LogP contribution in [0.15, 0.2) is 69.7 Å². The molecule has 3 aromatic carbocycles. The van der Waals surface area contributed by atoms with Gasteiger partial charge < -0.3 is 21.7 Å². The number of hydrogen-bond donors (Lipinski definition) is 5. The van der Waals surface area contributed by atoms with Gasteiger partial charge in [-0.05, 0) is 80.4 Å². The summed E-state index contributed by atoms with van der Waals surface area (Å²) in [6, 6.07) is 12.3. The van der Waals surface area contributed by atoms with Gasteiger partial charge in [0.25, 0.3) is 17.7 Å². The van der Waals surface area contributed by atoms with Gasteiger partial charge >= 0.3 is 0 Å². The Morgan fingerprint density at radius 3 is 2.11 bits per heavy atom. The van der Waals surface area contributed by atoms with E-state index in [0.717, 1.165) is 28.9 Å². The molecule has 9 nitrogen and oxygen atoms in total. The van der Waals surface area contributed by atoms with Gasteiger partial charge in [0, 0.05) is 20.2 Å². The molecule has 0 aliphatic heterocycles. The van der Waals surface area contributed by atoms with E-state index in [1.165, 1.54) is 24.3 Å². The fourth-order valence-electron chi connectivity index (χ4n) is 3.22. The number of anilines is 4. The zero-order valence-electron chi connectivity index (χ0n) is 18.5. The molecule has 1 aromatic heterocycles. The average molecular weight is 634 g/mol. The lowest BCUT2D eigenvalue weighted by Crippen LogP contribution is -2.19. The number of nitrogens with two attached hydrogens (primary N) is 1. The van der Waals surface area contributed by atoms with Crippen LogP contribution in [0, 0.1) is 11.6 Å². The van der Waals surface area contributed by atoms with Crippen molar-refractivity contribution in [2.75, 3.05) is 21.7 Å². The first-order valence-electron chi connectivity index (χ1n) is 10.4. The van der Waals surface area contributed by atoms with Crippen molar-refractivity contribution >= 4 is 72.3 Å². The first kappa shape index (κ1) is 26.0. The highest BCUT2D eigenvalue weighted by Crippen LogP contribution is 2.31. The van der Waals surface area contributed by atoms with Gasteiger partial charge in [-0.3, -0.25) is 19.5 Å². The van der Waals surface area contributed by atoms with Crippen molar-refractivity contribution in [3.05, 3.63) is 98.2 Å². The summed E-state index contributed by atoms with van der Waals surface area (Å²) in [5.41, 5.74) is 6.35. The maximum Gasteiger partial charge on any atom is 0.275 e. The minimum atomic E-state index is -1.08. The highest BCUT2D eigenvalue weighted by molar-refractivity contribution is 9.13. The molecule has 0 unspecified atom stereocenters. The molecule has 0 fully saturated rings. The van der Waals surface area contributed by atoms with Gasteiger partial charge in [0.05, 0.1) is 23.3 Å². The van der Waals surface area contributed by atoms with Crippen LogP contribution in [-0.2, 0) is 0 Å². The van der Waals surface area contributed by atoms with Gasteiger partial charge in [-0.15, -0.1) is 0 Å². The summed E-state index contributed by atoms with van der Waals surface area (Å²) >= 11 is 6.69. The molecule has 4 aromatic rings. The van der Waals surface area contributed by atoms with Crippen molar-refractivity contribution < 1.29 is 23.2 Å². The second-order valence-electron chi connectivity index (χ2n) is 7.55. The summed E-state index contributed by atoms with van der Waals surface area (Å²) < 4.78 is 29.2. The van der Waals surface area contributed by atoms with Gasteiger partial charge in [0.1, 0.15) is 22.9 Å². The van der Waals surface area contributed by atoms with Gasteiger partial charge in [-0.25, -0.2) is 8.78 Å².